The van der Waals surface area contributed by atoms with Gasteiger partial charge in [-0.3, -0.25) is 9.78 Å². The first kappa shape index (κ1) is 16.2. The number of hydrogen-bond donors (Lipinski definition) is 1. The van der Waals surface area contributed by atoms with Crippen LogP contribution >= 0.6 is 11.6 Å². The van der Waals surface area contributed by atoms with Crippen molar-refractivity contribution in [2.24, 2.45) is 0 Å². The standard InChI is InChI=1S/C16H16ClFN2O2/c1-11-3-2-4-13(20-11)10-19-16(21)7-8-22-15-6-5-12(18)9-14(15)17/h2-6,9H,7-8,10H2,1H3,(H,19,21). The molecule has 6 heteroatoms. The van der Waals surface area contributed by atoms with Gasteiger partial charge in [-0.1, -0.05) is 17.7 Å². The summed E-state index contributed by atoms with van der Waals surface area (Å²) in [5.41, 5.74) is 1.71. The van der Waals surface area contributed by atoms with Crippen molar-refractivity contribution >= 4 is 17.5 Å². The number of amides is 1. The lowest BCUT2D eigenvalue weighted by atomic mass is 10.3. The van der Waals surface area contributed by atoms with E-state index in [4.69, 9.17) is 16.3 Å². The number of carbonyl (C=O) groups is 1. The summed E-state index contributed by atoms with van der Waals surface area (Å²) in [6, 6.07) is 9.49. The minimum absolute atomic E-state index is 0.151. The largest absolute Gasteiger partial charge is 0.491 e. The van der Waals surface area contributed by atoms with E-state index in [1.54, 1.807) is 0 Å². The van der Waals surface area contributed by atoms with Crippen LogP contribution in [0, 0.1) is 12.7 Å². The smallest absolute Gasteiger partial charge is 0.223 e. The highest BCUT2D eigenvalue weighted by molar-refractivity contribution is 6.32. The van der Waals surface area contributed by atoms with Crippen LogP contribution in [0.3, 0.4) is 0 Å². The van der Waals surface area contributed by atoms with Crippen LogP contribution in [-0.2, 0) is 11.3 Å². The van der Waals surface area contributed by atoms with Gasteiger partial charge in [0, 0.05) is 5.69 Å². The SMILES string of the molecule is Cc1cccc(CNC(=O)CCOc2ccc(F)cc2Cl)n1. The molecule has 2 aromatic rings. The van der Waals surface area contributed by atoms with Crippen LogP contribution in [0.5, 0.6) is 5.75 Å². The molecule has 1 aromatic heterocycles. The normalized spacial score (nSPS) is 10.3. The summed E-state index contributed by atoms with van der Waals surface area (Å²) >= 11 is 5.83. The van der Waals surface area contributed by atoms with Gasteiger partial charge in [-0.25, -0.2) is 4.39 Å². The van der Waals surface area contributed by atoms with Gasteiger partial charge in [0.15, 0.2) is 0 Å². The minimum atomic E-state index is -0.430. The molecule has 116 valence electrons. The molecule has 0 spiro atoms. The van der Waals surface area contributed by atoms with Crippen molar-refractivity contribution in [3.8, 4) is 5.75 Å². The summed E-state index contributed by atoms with van der Waals surface area (Å²) in [5, 5.41) is 2.95. The molecule has 0 fully saturated rings. The number of carbonyl (C=O) groups excluding carboxylic acids is 1. The van der Waals surface area contributed by atoms with Crippen LogP contribution in [-0.4, -0.2) is 17.5 Å². The molecule has 0 aliphatic heterocycles. The van der Waals surface area contributed by atoms with Gasteiger partial charge in [-0.05, 0) is 37.3 Å². The van der Waals surface area contributed by atoms with Crippen LogP contribution in [0.1, 0.15) is 17.8 Å². The molecular formula is C16H16ClFN2O2. The van der Waals surface area contributed by atoms with Gasteiger partial charge < -0.3 is 10.1 Å². The van der Waals surface area contributed by atoms with Crippen molar-refractivity contribution in [2.75, 3.05) is 6.61 Å². The first-order valence-corrected chi connectivity index (χ1v) is 7.19. The number of aryl methyl sites for hydroxylation is 1. The highest BCUT2D eigenvalue weighted by Crippen LogP contribution is 2.24. The van der Waals surface area contributed by atoms with Gasteiger partial charge in [0.2, 0.25) is 5.91 Å². The zero-order valence-electron chi connectivity index (χ0n) is 12.1. The van der Waals surface area contributed by atoms with E-state index in [1.165, 1.54) is 18.2 Å². The van der Waals surface area contributed by atoms with E-state index in [0.29, 0.717) is 12.3 Å². The molecule has 1 heterocycles. The second-order valence-corrected chi connectivity index (χ2v) is 5.13. The van der Waals surface area contributed by atoms with E-state index < -0.39 is 5.82 Å². The summed E-state index contributed by atoms with van der Waals surface area (Å²) in [5.74, 6) is -0.224. The minimum Gasteiger partial charge on any atom is -0.491 e. The molecule has 0 bridgehead atoms. The van der Waals surface area contributed by atoms with Crippen LogP contribution < -0.4 is 10.1 Å². The van der Waals surface area contributed by atoms with Gasteiger partial charge >= 0.3 is 0 Å². The van der Waals surface area contributed by atoms with Crippen molar-refractivity contribution in [1.82, 2.24) is 10.3 Å². The van der Waals surface area contributed by atoms with Crippen LogP contribution in [0.4, 0.5) is 4.39 Å². The average Bonchev–Trinajstić information content (AvgIpc) is 2.47. The van der Waals surface area contributed by atoms with Crippen molar-refractivity contribution in [2.45, 2.75) is 19.9 Å². The maximum atomic E-state index is 12.9. The number of hydrogen-bond acceptors (Lipinski definition) is 3. The lowest BCUT2D eigenvalue weighted by molar-refractivity contribution is -0.121. The number of pyridine rings is 1. The van der Waals surface area contributed by atoms with E-state index in [0.717, 1.165) is 11.4 Å². The van der Waals surface area contributed by atoms with Gasteiger partial charge in [0.05, 0.1) is 30.3 Å². The summed E-state index contributed by atoms with van der Waals surface area (Å²) < 4.78 is 18.2. The van der Waals surface area contributed by atoms with E-state index in [1.807, 2.05) is 25.1 Å². The van der Waals surface area contributed by atoms with Gasteiger partial charge in [-0.15, -0.1) is 0 Å². The molecule has 0 aliphatic carbocycles. The van der Waals surface area contributed by atoms with Gasteiger partial charge in [0.1, 0.15) is 11.6 Å². The summed E-state index contributed by atoms with van der Waals surface area (Å²) in [6.07, 6.45) is 0.180. The van der Waals surface area contributed by atoms with Crippen LogP contribution in [0.25, 0.3) is 0 Å². The molecule has 0 saturated heterocycles. The molecule has 1 N–H and O–H groups in total. The second-order valence-electron chi connectivity index (χ2n) is 4.72. The molecule has 1 amide bonds. The Kier molecular flexibility index (Phi) is 5.72. The molecule has 1 aromatic carbocycles. The van der Waals surface area contributed by atoms with Crippen molar-refractivity contribution < 1.29 is 13.9 Å². The summed E-state index contributed by atoms with van der Waals surface area (Å²) in [7, 11) is 0. The highest BCUT2D eigenvalue weighted by Gasteiger charge is 2.06. The third-order valence-electron chi connectivity index (χ3n) is 2.89. The van der Waals surface area contributed by atoms with E-state index in [2.05, 4.69) is 10.3 Å². The predicted octanol–water partition coefficient (Wildman–Crippen LogP) is 3.27. The molecule has 0 aliphatic rings. The first-order chi connectivity index (χ1) is 10.5. The summed E-state index contributed by atoms with van der Waals surface area (Å²) in [4.78, 5) is 16.0. The van der Waals surface area contributed by atoms with Crippen molar-refractivity contribution in [3.05, 3.63) is 58.6 Å². The fourth-order valence-electron chi connectivity index (χ4n) is 1.82. The topological polar surface area (TPSA) is 51.2 Å². The Bertz CT molecular complexity index is 664. The quantitative estimate of drug-likeness (QED) is 0.888. The molecule has 22 heavy (non-hydrogen) atoms. The fourth-order valence-corrected chi connectivity index (χ4v) is 2.04. The number of halogens is 2. The molecule has 2 rings (SSSR count). The monoisotopic (exact) mass is 322 g/mol. The third kappa shape index (κ3) is 5.00. The van der Waals surface area contributed by atoms with Gasteiger partial charge in [0.25, 0.3) is 0 Å². The number of aromatic nitrogens is 1. The Morgan fingerprint density at radius 3 is 2.91 bits per heavy atom. The maximum Gasteiger partial charge on any atom is 0.223 e. The number of nitrogens with one attached hydrogen (secondary N) is 1. The third-order valence-corrected chi connectivity index (χ3v) is 3.19. The average molecular weight is 323 g/mol. The zero-order valence-corrected chi connectivity index (χ0v) is 12.9. The fraction of sp³-hybridized carbons (Fsp3) is 0.250. The second kappa shape index (κ2) is 7.75. The summed E-state index contributed by atoms with van der Waals surface area (Å²) in [6.45, 7) is 2.43. The lowest BCUT2D eigenvalue weighted by Gasteiger charge is -2.08. The Labute approximate surface area is 133 Å². The number of benzene rings is 1. The Morgan fingerprint density at radius 1 is 1.36 bits per heavy atom. The molecule has 4 nitrogen and oxygen atoms in total. The molecule has 0 atom stereocenters. The zero-order chi connectivity index (χ0) is 15.9. The van der Waals surface area contributed by atoms with Crippen LogP contribution in [0.15, 0.2) is 36.4 Å². The molecule has 0 radical (unpaired) electrons. The number of nitrogens with zero attached hydrogens (tertiary/aromatic N) is 1. The first-order valence-electron chi connectivity index (χ1n) is 6.81. The predicted molar refractivity (Wildman–Crippen MR) is 82.3 cm³/mol. The highest BCUT2D eigenvalue weighted by atomic mass is 35.5. The van der Waals surface area contributed by atoms with Crippen molar-refractivity contribution in [1.29, 1.82) is 0 Å². The number of ether oxygens (including phenoxy) is 1. The lowest BCUT2D eigenvalue weighted by Crippen LogP contribution is -2.25. The van der Waals surface area contributed by atoms with E-state index >= 15 is 0 Å². The molecule has 0 saturated carbocycles. The molecular weight excluding hydrogens is 307 g/mol. The molecule has 0 unspecified atom stereocenters. The Balaban J connectivity index is 1.74. The van der Waals surface area contributed by atoms with Gasteiger partial charge in [-0.2, -0.15) is 0 Å². The maximum absolute atomic E-state index is 12.9. The van der Waals surface area contributed by atoms with Crippen molar-refractivity contribution in [3.63, 3.8) is 0 Å². The Morgan fingerprint density at radius 2 is 2.18 bits per heavy atom. The van der Waals surface area contributed by atoms with Crippen LogP contribution in [0.2, 0.25) is 5.02 Å². The van der Waals surface area contributed by atoms with E-state index in [9.17, 15) is 9.18 Å². The Hall–Kier alpha value is -2.14. The number of rotatable bonds is 6. The van der Waals surface area contributed by atoms with E-state index in [-0.39, 0.29) is 24.0 Å².